The van der Waals surface area contributed by atoms with Crippen molar-refractivity contribution in [1.82, 2.24) is 19.6 Å². The van der Waals surface area contributed by atoms with Gasteiger partial charge in [0, 0.05) is 13.6 Å². The number of nitrogens with zero attached hydrogens (tertiary/aromatic N) is 5. The molecule has 0 bridgehead atoms. The second-order valence-electron chi connectivity index (χ2n) is 4.18. The fraction of sp³-hybridized carbons (Fsp3) is 0.250. The van der Waals surface area contributed by atoms with Crippen LogP contribution in [0.25, 0.3) is 6.08 Å². The van der Waals surface area contributed by atoms with Crippen molar-refractivity contribution in [2.45, 2.75) is 13.5 Å². The average Bonchev–Trinajstić information content (AvgIpc) is 2.99. The average molecular weight is 354 g/mol. The summed E-state index contributed by atoms with van der Waals surface area (Å²) in [6.45, 7) is 2.56. The number of carbonyl (C=O) groups excluding carboxylic acids is 1. The van der Waals surface area contributed by atoms with Crippen molar-refractivity contribution in [2.24, 2.45) is 7.05 Å². The normalized spacial score (nSPS) is 11.2. The first kappa shape index (κ1) is 15.1. The molecule has 0 aliphatic rings. The Hall–Kier alpha value is -2.29. The van der Waals surface area contributed by atoms with Gasteiger partial charge in [0.1, 0.15) is 6.20 Å². The summed E-state index contributed by atoms with van der Waals surface area (Å²) in [6.07, 6.45) is 5.63. The topological polar surface area (TPSA) is 95.8 Å². The molecule has 0 unspecified atom stereocenters. The molecule has 8 nitrogen and oxygen atoms in total. The zero-order valence-electron chi connectivity index (χ0n) is 11.4. The summed E-state index contributed by atoms with van der Waals surface area (Å²) in [5, 5.41) is 18.8. The third kappa shape index (κ3) is 3.07. The van der Waals surface area contributed by atoms with E-state index in [1.165, 1.54) is 24.0 Å². The van der Waals surface area contributed by atoms with E-state index < -0.39 is 10.7 Å². The number of carbonyl (C=O) groups is 1. The standard InChI is InChI=1S/C12H12BrN5O3/c1-3-17-9(8(13)6-14-17)4-5-11(19)12-10(18(20)21)7-16(2)15-12/h4-7H,3H2,1-2H3/b5-4+. The molecule has 2 heterocycles. The maximum absolute atomic E-state index is 12.1. The minimum atomic E-state index is -0.625. The Labute approximate surface area is 128 Å². The molecular weight excluding hydrogens is 342 g/mol. The van der Waals surface area contributed by atoms with E-state index in [2.05, 4.69) is 26.1 Å². The first-order valence-electron chi connectivity index (χ1n) is 6.05. The van der Waals surface area contributed by atoms with Gasteiger partial charge in [-0.3, -0.25) is 24.3 Å². The van der Waals surface area contributed by atoms with Crippen LogP contribution in [0, 0.1) is 10.1 Å². The van der Waals surface area contributed by atoms with Gasteiger partial charge in [-0.2, -0.15) is 10.2 Å². The molecule has 0 radical (unpaired) electrons. The van der Waals surface area contributed by atoms with Crippen LogP contribution in [0.4, 0.5) is 5.69 Å². The van der Waals surface area contributed by atoms with Crippen LogP contribution in [0.5, 0.6) is 0 Å². The lowest BCUT2D eigenvalue weighted by Crippen LogP contribution is -2.02. The van der Waals surface area contributed by atoms with E-state index >= 15 is 0 Å². The molecule has 0 fully saturated rings. The maximum atomic E-state index is 12.1. The number of halogens is 1. The largest absolute Gasteiger partial charge is 0.318 e. The number of nitro groups is 1. The van der Waals surface area contributed by atoms with Gasteiger partial charge in [0.25, 0.3) is 0 Å². The minimum absolute atomic E-state index is 0.183. The lowest BCUT2D eigenvalue weighted by atomic mass is 10.2. The number of aryl methyl sites for hydroxylation is 2. The zero-order valence-corrected chi connectivity index (χ0v) is 12.9. The summed E-state index contributed by atoms with van der Waals surface area (Å²) < 4.78 is 3.68. The number of hydrogen-bond donors (Lipinski definition) is 0. The molecule has 2 aromatic heterocycles. The molecule has 0 saturated heterocycles. The van der Waals surface area contributed by atoms with E-state index in [1.807, 2.05) is 6.92 Å². The zero-order chi connectivity index (χ0) is 15.6. The fourth-order valence-electron chi connectivity index (χ4n) is 1.81. The summed E-state index contributed by atoms with van der Waals surface area (Å²) in [5.74, 6) is -0.530. The van der Waals surface area contributed by atoms with Crippen LogP contribution in [0.1, 0.15) is 23.1 Å². The van der Waals surface area contributed by atoms with Crippen LogP contribution in [0.15, 0.2) is 22.9 Å². The summed E-state index contributed by atoms with van der Waals surface area (Å²) in [4.78, 5) is 22.3. The van der Waals surface area contributed by atoms with Gasteiger partial charge in [-0.05, 0) is 35.0 Å². The SMILES string of the molecule is CCn1ncc(Br)c1/C=C/C(=O)c1nn(C)cc1[N+](=O)[O-]. The van der Waals surface area contributed by atoms with Gasteiger partial charge < -0.3 is 0 Å². The third-order valence-corrected chi connectivity index (χ3v) is 3.38. The molecule has 110 valence electrons. The molecular formula is C12H12BrN5O3. The van der Waals surface area contributed by atoms with Crippen LogP contribution < -0.4 is 0 Å². The van der Waals surface area contributed by atoms with Crippen molar-refractivity contribution < 1.29 is 9.72 Å². The molecule has 0 spiro atoms. The highest BCUT2D eigenvalue weighted by Crippen LogP contribution is 2.20. The molecule has 2 rings (SSSR count). The van der Waals surface area contributed by atoms with E-state index in [9.17, 15) is 14.9 Å². The third-order valence-electron chi connectivity index (χ3n) is 2.76. The van der Waals surface area contributed by atoms with E-state index in [4.69, 9.17) is 0 Å². The van der Waals surface area contributed by atoms with Gasteiger partial charge in [0.05, 0.1) is 21.3 Å². The first-order valence-corrected chi connectivity index (χ1v) is 6.85. The lowest BCUT2D eigenvalue weighted by molar-refractivity contribution is -0.385. The van der Waals surface area contributed by atoms with Crippen molar-refractivity contribution >= 4 is 33.5 Å². The minimum Gasteiger partial charge on any atom is -0.287 e. The number of ketones is 1. The van der Waals surface area contributed by atoms with Crippen molar-refractivity contribution in [3.05, 3.63) is 44.4 Å². The number of aromatic nitrogens is 4. The van der Waals surface area contributed by atoms with Crippen LogP contribution in [-0.4, -0.2) is 30.3 Å². The Kier molecular flexibility index (Phi) is 4.32. The highest BCUT2D eigenvalue weighted by molar-refractivity contribution is 9.10. The van der Waals surface area contributed by atoms with Crippen LogP contribution in [-0.2, 0) is 13.6 Å². The number of hydrogen-bond acceptors (Lipinski definition) is 5. The molecule has 0 aliphatic carbocycles. The predicted octanol–water partition coefficient (Wildman–Crippen LogP) is 2.20. The molecule has 0 aliphatic heterocycles. The molecule has 9 heteroatoms. The van der Waals surface area contributed by atoms with Gasteiger partial charge in [0.15, 0.2) is 0 Å². The predicted molar refractivity (Wildman–Crippen MR) is 78.8 cm³/mol. The van der Waals surface area contributed by atoms with Crippen LogP contribution >= 0.6 is 15.9 Å². The highest BCUT2D eigenvalue weighted by atomic mass is 79.9. The summed E-state index contributed by atoms with van der Waals surface area (Å²) in [5.41, 5.74) is 0.220. The Morgan fingerprint density at radius 1 is 1.57 bits per heavy atom. The molecule has 0 atom stereocenters. The first-order chi connectivity index (χ1) is 9.93. The number of rotatable bonds is 5. The second kappa shape index (κ2) is 6.00. The molecule has 0 saturated carbocycles. The van der Waals surface area contributed by atoms with Crippen molar-refractivity contribution in [1.29, 1.82) is 0 Å². The van der Waals surface area contributed by atoms with E-state index in [1.54, 1.807) is 17.0 Å². The maximum Gasteiger partial charge on any atom is 0.318 e. The van der Waals surface area contributed by atoms with Gasteiger partial charge in [0.2, 0.25) is 11.5 Å². The smallest absolute Gasteiger partial charge is 0.287 e. The van der Waals surface area contributed by atoms with Gasteiger partial charge in [-0.25, -0.2) is 0 Å². The quantitative estimate of drug-likeness (QED) is 0.355. The van der Waals surface area contributed by atoms with Crippen molar-refractivity contribution in [3.63, 3.8) is 0 Å². The Bertz CT molecular complexity index is 731. The molecule has 0 amide bonds. The lowest BCUT2D eigenvalue weighted by Gasteiger charge is -1.99. The summed E-state index contributed by atoms with van der Waals surface area (Å²) in [6, 6.07) is 0. The fourth-order valence-corrected chi connectivity index (χ4v) is 2.24. The Morgan fingerprint density at radius 2 is 2.29 bits per heavy atom. The summed E-state index contributed by atoms with van der Waals surface area (Å²) >= 11 is 3.33. The number of allylic oxidation sites excluding steroid dienone is 1. The molecule has 2 aromatic rings. The van der Waals surface area contributed by atoms with E-state index in [0.29, 0.717) is 12.2 Å². The van der Waals surface area contributed by atoms with E-state index in [-0.39, 0.29) is 11.4 Å². The van der Waals surface area contributed by atoms with E-state index in [0.717, 1.165) is 4.47 Å². The molecule has 0 aromatic carbocycles. The Balaban J connectivity index is 2.32. The van der Waals surface area contributed by atoms with Gasteiger partial charge in [-0.15, -0.1) is 0 Å². The molecule has 0 N–H and O–H groups in total. The second-order valence-corrected chi connectivity index (χ2v) is 5.04. The van der Waals surface area contributed by atoms with Crippen molar-refractivity contribution in [3.8, 4) is 0 Å². The monoisotopic (exact) mass is 353 g/mol. The van der Waals surface area contributed by atoms with Gasteiger partial charge in [-0.1, -0.05) is 0 Å². The summed E-state index contributed by atoms with van der Waals surface area (Å²) in [7, 11) is 1.52. The molecule has 21 heavy (non-hydrogen) atoms. The van der Waals surface area contributed by atoms with Gasteiger partial charge >= 0.3 is 5.69 Å². The van der Waals surface area contributed by atoms with Crippen molar-refractivity contribution in [2.75, 3.05) is 0 Å². The highest BCUT2D eigenvalue weighted by Gasteiger charge is 2.23. The van der Waals surface area contributed by atoms with Crippen LogP contribution in [0.3, 0.4) is 0 Å². The Morgan fingerprint density at radius 3 is 2.90 bits per heavy atom. The van der Waals surface area contributed by atoms with Crippen LogP contribution in [0.2, 0.25) is 0 Å².